The molecule has 4 saturated carbocycles. The Morgan fingerprint density at radius 3 is 2.38 bits per heavy atom. The highest BCUT2D eigenvalue weighted by Crippen LogP contribution is 2.48. The van der Waals surface area contributed by atoms with E-state index >= 15 is 0 Å². The van der Waals surface area contributed by atoms with E-state index in [-0.39, 0.29) is 11.6 Å². The lowest BCUT2D eigenvalue weighted by Gasteiger charge is -2.51. The maximum absolute atomic E-state index is 10.6. The maximum Gasteiger partial charge on any atom is 0.223 e. The number of fused-ring (bicyclic) bond motifs is 4. The van der Waals surface area contributed by atoms with Crippen molar-refractivity contribution in [2.75, 3.05) is 10.6 Å². The van der Waals surface area contributed by atoms with Crippen LogP contribution in [0.4, 0.5) is 11.8 Å². The van der Waals surface area contributed by atoms with Crippen LogP contribution < -0.4 is 10.6 Å². The van der Waals surface area contributed by atoms with Gasteiger partial charge in [0.15, 0.2) is 0 Å². The van der Waals surface area contributed by atoms with Crippen LogP contribution in [0.15, 0.2) is 12.4 Å². The van der Waals surface area contributed by atoms with E-state index in [0.29, 0.717) is 17.9 Å². The maximum atomic E-state index is 10.6. The third-order valence-corrected chi connectivity index (χ3v) is 8.36. The van der Waals surface area contributed by atoms with Gasteiger partial charge in [0.1, 0.15) is 5.82 Å². The van der Waals surface area contributed by atoms with Gasteiger partial charge in [0.25, 0.3) is 0 Å². The third kappa shape index (κ3) is 4.17. The molecule has 174 valence electrons. The Labute approximate surface area is 190 Å². The molecule has 0 aliphatic heterocycles. The first kappa shape index (κ1) is 21.8. The van der Waals surface area contributed by atoms with Crippen molar-refractivity contribution < 1.29 is 10.2 Å². The summed E-state index contributed by atoms with van der Waals surface area (Å²) >= 11 is 0. The third-order valence-electron chi connectivity index (χ3n) is 8.36. The standard InChI is InChI=1S/C25H37N5O2/c1-3-16(2)28-23-27-15-20-21(29-23)19(17-4-6-18(31)7-5-17)14-26-22(20)30-24-8-11-25(32,12-9-24)13-10-24/h14-18,31-32H,3-13H2,1-2H3,(H,26,30)(H,27,28,29)/t16-,17-,18-,24?,25?/m0/s1. The predicted octanol–water partition coefficient (Wildman–Crippen LogP) is 4.50. The fourth-order valence-electron chi connectivity index (χ4n) is 5.82. The van der Waals surface area contributed by atoms with E-state index in [4.69, 9.17) is 9.97 Å². The summed E-state index contributed by atoms with van der Waals surface area (Å²) in [6.07, 6.45) is 13.9. The Morgan fingerprint density at radius 2 is 1.72 bits per heavy atom. The van der Waals surface area contributed by atoms with Crippen molar-refractivity contribution >= 4 is 22.7 Å². The van der Waals surface area contributed by atoms with Crippen LogP contribution in [0.1, 0.15) is 96.0 Å². The van der Waals surface area contributed by atoms with E-state index in [1.165, 1.54) is 5.56 Å². The zero-order valence-corrected chi connectivity index (χ0v) is 19.4. The molecule has 2 aromatic heterocycles. The number of hydrogen-bond acceptors (Lipinski definition) is 7. The van der Waals surface area contributed by atoms with Gasteiger partial charge >= 0.3 is 0 Å². The van der Waals surface area contributed by atoms with Gasteiger partial charge in [-0.3, -0.25) is 0 Å². The predicted molar refractivity (Wildman–Crippen MR) is 127 cm³/mol. The van der Waals surface area contributed by atoms with Gasteiger partial charge in [-0.1, -0.05) is 6.92 Å². The highest BCUT2D eigenvalue weighted by molar-refractivity contribution is 5.91. The van der Waals surface area contributed by atoms with Gasteiger partial charge in [0.05, 0.1) is 22.6 Å². The van der Waals surface area contributed by atoms with Gasteiger partial charge in [-0.2, -0.15) is 0 Å². The van der Waals surface area contributed by atoms with Gasteiger partial charge < -0.3 is 20.8 Å². The number of aromatic nitrogens is 3. The van der Waals surface area contributed by atoms with Crippen LogP contribution in [0.5, 0.6) is 0 Å². The molecule has 0 aromatic carbocycles. The molecular formula is C25H37N5O2. The number of nitrogens with zero attached hydrogens (tertiary/aromatic N) is 3. The minimum absolute atomic E-state index is 0.00845. The summed E-state index contributed by atoms with van der Waals surface area (Å²) in [6, 6.07) is 0.308. The van der Waals surface area contributed by atoms with E-state index in [9.17, 15) is 10.2 Å². The molecule has 0 amide bonds. The quantitative estimate of drug-likeness (QED) is 0.525. The van der Waals surface area contributed by atoms with Gasteiger partial charge in [-0.15, -0.1) is 0 Å². The highest BCUT2D eigenvalue weighted by atomic mass is 16.3. The normalized spacial score (nSPS) is 33.2. The first-order chi connectivity index (χ1) is 15.4. The lowest BCUT2D eigenvalue weighted by atomic mass is 9.63. The van der Waals surface area contributed by atoms with Gasteiger partial charge in [0.2, 0.25) is 5.95 Å². The number of rotatable bonds is 6. The van der Waals surface area contributed by atoms with Gasteiger partial charge in [-0.25, -0.2) is 15.0 Å². The second-order valence-corrected chi connectivity index (χ2v) is 10.6. The van der Waals surface area contributed by atoms with Gasteiger partial charge in [0, 0.05) is 29.5 Å². The second-order valence-electron chi connectivity index (χ2n) is 10.6. The average molecular weight is 440 g/mol. The first-order valence-electron chi connectivity index (χ1n) is 12.5. The van der Waals surface area contributed by atoms with Crippen LogP contribution in [-0.4, -0.2) is 48.5 Å². The SMILES string of the molecule is CC[C@H](C)Nc1ncc2c(NC34CCC(O)(CC3)CC4)ncc([C@H]3CC[C@H](O)CC3)c2n1. The van der Waals surface area contributed by atoms with Crippen molar-refractivity contribution in [2.24, 2.45) is 0 Å². The molecule has 2 bridgehead atoms. The van der Waals surface area contributed by atoms with E-state index in [2.05, 4.69) is 29.5 Å². The summed E-state index contributed by atoms with van der Waals surface area (Å²) in [5, 5.41) is 28.8. The molecule has 2 aromatic rings. The summed E-state index contributed by atoms with van der Waals surface area (Å²) in [6.45, 7) is 4.29. The molecule has 7 heteroatoms. The molecule has 0 unspecified atom stereocenters. The summed E-state index contributed by atoms with van der Waals surface area (Å²) < 4.78 is 0. The molecule has 4 aliphatic rings. The lowest BCUT2D eigenvalue weighted by molar-refractivity contribution is -0.0580. The molecule has 2 heterocycles. The molecular weight excluding hydrogens is 402 g/mol. The van der Waals surface area contributed by atoms with E-state index < -0.39 is 5.60 Å². The molecule has 6 rings (SSSR count). The molecule has 4 fully saturated rings. The Balaban J connectivity index is 1.50. The Kier molecular flexibility index (Phi) is 5.74. The topological polar surface area (TPSA) is 103 Å². The van der Waals surface area contributed by atoms with Crippen molar-refractivity contribution in [3.8, 4) is 0 Å². The summed E-state index contributed by atoms with van der Waals surface area (Å²) in [4.78, 5) is 14.5. The van der Waals surface area contributed by atoms with Crippen molar-refractivity contribution in [2.45, 2.75) is 114 Å². The van der Waals surface area contributed by atoms with Crippen molar-refractivity contribution in [3.63, 3.8) is 0 Å². The molecule has 0 radical (unpaired) electrons. The van der Waals surface area contributed by atoms with E-state index in [1.54, 1.807) is 0 Å². The Hall–Kier alpha value is -1.99. The summed E-state index contributed by atoms with van der Waals surface area (Å²) in [5.41, 5.74) is 1.71. The van der Waals surface area contributed by atoms with E-state index in [0.717, 1.165) is 87.3 Å². The zero-order valence-electron chi connectivity index (χ0n) is 19.4. The second kappa shape index (κ2) is 8.41. The van der Waals surface area contributed by atoms with Crippen molar-refractivity contribution in [1.29, 1.82) is 0 Å². The average Bonchev–Trinajstić information content (AvgIpc) is 2.81. The fourth-order valence-corrected chi connectivity index (χ4v) is 5.82. The van der Waals surface area contributed by atoms with Crippen molar-refractivity contribution in [3.05, 3.63) is 18.0 Å². The smallest absolute Gasteiger partial charge is 0.223 e. The first-order valence-corrected chi connectivity index (χ1v) is 12.5. The molecule has 0 saturated heterocycles. The van der Waals surface area contributed by atoms with Crippen LogP contribution in [0.2, 0.25) is 0 Å². The number of hydrogen-bond donors (Lipinski definition) is 4. The number of pyridine rings is 1. The molecule has 0 spiro atoms. The lowest BCUT2D eigenvalue weighted by Crippen LogP contribution is -2.53. The number of aliphatic hydroxyl groups is 2. The van der Waals surface area contributed by atoms with Gasteiger partial charge in [-0.05, 0) is 83.5 Å². The molecule has 4 aliphatic carbocycles. The minimum atomic E-state index is -0.450. The molecule has 7 nitrogen and oxygen atoms in total. The minimum Gasteiger partial charge on any atom is -0.393 e. The monoisotopic (exact) mass is 439 g/mol. The van der Waals surface area contributed by atoms with Crippen molar-refractivity contribution in [1.82, 2.24) is 15.0 Å². The number of anilines is 2. The molecule has 32 heavy (non-hydrogen) atoms. The molecule has 1 atom stereocenters. The van der Waals surface area contributed by atoms with Crippen LogP contribution in [0, 0.1) is 0 Å². The largest absolute Gasteiger partial charge is 0.393 e. The van der Waals surface area contributed by atoms with Crippen LogP contribution in [0.25, 0.3) is 10.9 Å². The van der Waals surface area contributed by atoms with Crippen LogP contribution >= 0.6 is 0 Å². The summed E-state index contributed by atoms with van der Waals surface area (Å²) in [7, 11) is 0. The Bertz CT molecular complexity index is 948. The summed E-state index contributed by atoms with van der Waals surface area (Å²) in [5.74, 6) is 1.90. The Morgan fingerprint density at radius 1 is 1.03 bits per heavy atom. The number of nitrogens with one attached hydrogen (secondary N) is 2. The van der Waals surface area contributed by atoms with E-state index in [1.807, 2.05) is 12.4 Å². The van der Waals surface area contributed by atoms with Crippen LogP contribution in [0.3, 0.4) is 0 Å². The molecule has 4 N–H and O–H groups in total. The fraction of sp³-hybridized carbons (Fsp3) is 0.720. The van der Waals surface area contributed by atoms with Crippen LogP contribution in [-0.2, 0) is 0 Å². The zero-order chi connectivity index (χ0) is 22.3. The highest BCUT2D eigenvalue weighted by Gasteiger charge is 2.48. The number of aliphatic hydroxyl groups excluding tert-OH is 1.